The lowest BCUT2D eigenvalue weighted by molar-refractivity contribution is -0.384. The Morgan fingerprint density at radius 3 is 3.10 bits per heavy atom. The molecule has 6 nitrogen and oxygen atoms in total. The number of nitro benzene ring substituents is 1. The van der Waals surface area contributed by atoms with E-state index < -0.39 is 4.92 Å². The Morgan fingerprint density at radius 2 is 2.40 bits per heavy atom. The van der Waals surface area contributed by atoms with Crippen LogP contribution in [0.5, 0.6) is 0 Å². The van der Waals surface area contributed by atoms with Crippen LogP contribution in [0.3, 0.4) is 0 Å². The summed E-state index contributed by atoms with van der Waals surface area (Å²) in [4.78, 5) is 26.0. The normalized spacial score (nSPS) is 10.4. The second kappa shape index (κ2) is 6.49. The average Bonchev–Trinajstić information content (AvgIpc) is 2.79. The molecule has 0 fully saturated rings. The van der Waals surface area contributed by atoms with Gasteiger partial charge in [-0.3, -0.25) is 14.9 Å². The largest absolute Gasteiger partial charge is 0.301 e. The first-order chi connectivity index (χ1) is 9.60. The van der Waals surface area contributed by atoms with Crippen LogP contribution in [0.15, 0.2) is 30.9 Å². The number of rotatable bonds is 6. The number of thioether (sulfide) groups is 1. The second-order valence-electron chi connectivity index (χ2n) is 3.78. The van der Waals surface area contributed by atoms with Crippen LogP contribution in [0.2, 0.25) is 0 Å². The fourth-order valence-corrected chi connectivity index (χ4v) is 2.88. The van der Waals surface area contributed by atoms with Crippen LogP contribution < -0.4 is 5.32 Å². The number of nitro groups is 1. The van der Waals surface area contributed by atoms with Crippen LogP contribution in [0.4, 0.5) is 10.8 Å². The van der Waals surface area contributed by atoms with Crippen LogP contribution in [0.1, 0.15) is 0 Å². The summed E-state index contributed by atoms with van der Waals surface area (Å²) in [5, 5.41) is 13.8. The molecule has 20 heavy (non-hydrogen) atoms. The molecule has 1 N–H and O–H groups in total. The van der Waals surface area contributed by atoms with Crippen molar-refractivity contribution >= 4 is 50.0 Å². The van der Waals surface area contributed by atoms with Gasteiger partial charge in [-0.25, -0.2) is 4.98 Å². The van der Waals surface area contributed by atoms with Crippen molar-refractivity contribution < 1.29 is 9.72 Å². The van der Waals surface area contributed by atoms with E-state index in [1.165, 1.54) is 35.2 Å². The van der Waals surface area contributed by atoms with Gasteiger partial charge < -0.3 is 5.32 Å². The van der Waals surface area contributed by atoms with Crippen molar-refractivity contribution in [2.24, 2.45) is 0 Å². The highest BCUT2D eigenvalue weighted by Gasteiger charge is 2.11. The van der Waals surface area contributed by atoms with Gasteiger partial charge in [-0.2, -0.15) is 0 Å². The number of nitrogens with one attached hydrogen (secondary N) is 1. The Kier molecular flexibility index (Phi) is 4.70. The molecule has 2 rings (SSSR count). The Labute approximate surface area is 123 Å². The SMILES string of the molecule is C=CCSCC(=O)Nc1nc2cc([N+](=O)[O-])ccc2s1. The molecule has 2 aromatic rings. The van der Waals surface area contributed by atoms with E-state index in [0.29, 0.717) is 22.2 Å². The van der Waals surface area contributed by atoms with Gasteiger partial charge in [0.15, 0.2) is 5.13 Å². The zero-order chi connectivity index (χ0) is 14.5. The molecule has 0 saturated heterocycles. The highest BCUT2D eigenvalue weighted by atomic mass is 32.2. The van der Waals surface area contributed by atoms with Gasteiger partial charge in [0.25, 0.3) is 5.69 Å². The summed E-state index contributed by atoms with van der Waals surface area (Å²) in [6.45, 7) is 3.57. The molecule has 104 valence electrons. The predicted octanol–water partition coefficient (Wildman–Crippen LogP) is 3.06. The molecule has 0 aliphatic rings. The molecular formula is C12H11N3O3S2. The summed E-state index contributed by atoms with van der Waals surface area (Å²) >= 11 is 2.74. The summed E-state index contributed by atoms with van der Waals surface area (Å²) in [5.41, 5.74) is 0.500. The zero-order valence-electron chi connectivity index (χ0n) is 10.4. The number of thiazole rings is 1. The van der Waals surface area contributed by atoms with Crippen molar-refractivity contribution in [3.05, 3.63) is 41.0 Å². The number of non-ortho nitro benzene ring substituents is 1. The Balaban J connectivity index is 2.09. The lowest BCUT2D eigenvalue weighted by Gasteiger charge is -1.99. The van der Waals surface area contributed by atoms with Crippen molar-refractivity contribution in [1.82, 2.24) is 4.98 Å². The first-order valence-corrected chi connectivity index (χ1v) is 7.60. The predicted molar refractivity (Wildman–Crippen MR) is 82.4 cm³/mol. The van der Waals surface area contributed by atoms with Crippen LogP contribution in [0, 0.1) is 10.1 Å². The summed E-state index contributed by atoms with van der Waals surface area (Å²) in [7, 11) is 0. The van der Waals surface area contributed by atoms with Crippen molar-refractivity contribution in [1.29, 1.82) is 0 Å². The van der Waals surface area contributed by atoms with Crippen LogP contribution >= 0.6 is 23.1 Å². The number of anilines is 1. The summed E-state index contributed by atoms with van der Waals surface area (Å²) in [5.74, 6) is 0.882. The molecular weight excluding hydrogens is 298 g/mol. The minimum absolute atomic E-state index is 0.0118. The fraction of sp³-hybridized carbons (Fsp3) is 0.167. The maximum absolute atomic E-state index is 11.6. The molecule has 0 aliphatic carbocycles. The molecule has 0 spiro atoms. The molecule has 0 bridgehead atoms. The number of aromatic nitrogens is 1. The third-order valence-corrected chi connectivity index (χ3v) is 4.19. The molecule has 1 aromatic heterocycles. The Morgan fingerprint density at radius 1 is 1.60 bits per heavy atom. The van der Waals surface area contributed by atoms with Gasteiger partial charge >= 0.3 is 0 Å². The summed E-state index contributed by atoms with van der Waals surface area (Å²) in [6.07, 6.45) is 1.73. The molecule has 8 heteroatoms. The van der Waals surface area contributed by atoms with E-state index >= 15 is 0 Å². The van der Waals surface area contributed by atoms with E-state index in [9.17, 15) is 14.9 Å². The first kappa shape index (κ1) is 14.5. The quantitative estimate of drug-likeness (QED) is 0.383. The fourth-order valence-electron chi connectivity index (χ4n) is 1.47. The van der Waals surface area contributed by atoms with Gasteiger partial charge in [0, 0.05) is 17.9 Å². The number of benzene rings is 1. The maximum Gasteiger partial charge on any atom is 0.271 e. The van der Waals surface area contributed by atoms with E-state index in [0.717, 1.165) is 4.70 Å². The van der Waals surface area contributed by atoms with E-state index in [2.05, 4.69) is 16.9 Å². The lowest BCUT2D eigenvalue weighted by atomic mass is 10.3. The molecule has 0 atom stereocenters. The van der Waals surface area contributed by atoms with Gasteiger partial charge in [-0.1, -0.05) is 17.4 Å². The van der Waals surface area contributed by atoms with Gasteiger partial charge in [0.05, 0.1) is 20.9 Å². The number of hydrogen-bond acceptors (Lipinski definition) is 6. The molecule has 1 aromatic carbocycles. The summed E-state index contributed by atoms with van der Waals surface area (Å²) < 4.78 is 0.796. The first-order valence-electron chi connectivity index (χ1n) is 5.63. The molecule has 0 radical (unpaired) electrons. The number of amides is 1. The van der Waals surface area contributed by atoms with E-state index in [4.69, 9.17) is 0 Å². The highest BCUT2D eigenvalue weighted by Crippen LogP contribution is 2.28. The Hall–Kier alpha value is -1.93. The zero-order valence-corrected chi connectivity index (χ0v) is 12.0. The van der Waals surface area contributed by atoms with E-state index in [1.807, 2.05) is 0 Å². The van der Waals surface area contributed by atoms with Gasteiger partial charge in [0.2, 0.25) is 5.91 Å². The highest BCUT2D eigenvalue weighted by molar-refractivity contribution is 8.00. The van der Waals surface area contributed by atoms with Gasteiger partial charge in [-0.15, -0.1) is 18.3 Å². The van der Waals surface area contributed by atoms with Crippen molar-refractivity contribution in [3.63, 3.8) is 0 Å². The molecule has 1 amide bonds. The lowest BCUT2D eigenvalue weighted by Crippen LogP contribution is -2.13. The number of carbonyl (C=O) groups excluding carboxylic acids is 1. The minimum atomic E-state index is -0.469. The average molecular weight is 309 g/mol. The number of fused-ring (bicyclic) bond motifs is 1. The monoisotopic (exact) mass is 309 g/mol. The molecule has 0 saturated carbocycles. The van der Waals surface area contributed by atoms with Crippen LogP contribution in [-0.2, 0) is 4.79 Å². The van der Waals surface area contributed by atoms with E-state index in [1.54, 1.807) is 12.1 Å². The van der Waals surface area contributed by atoms with Gasteiger partial charge in [0.1, 0.15) is 0 Å². The third kappa shape index (κ3) is 3.55. The second-order valence-corrected chi connectivity index (χ2v) is 5.84. The molecule has 0 aliphatic heterocycles. The minimum Gasteiger partial charge on any atom is -0.301 e. The van der Waals surface area contributed by atoms with Crippen LogP contribution in [-0.4, -0.2) is 27.3 Å². The topological polar surface area (TPSA) is 85.1 Å². The molecule has 1 heterocycles. The van der Waals surface area contributed by atoms with E-state index in [-0.39, 0.29) is 11.6 Å². The standard InChI is InChI=1S/C12H11N3O3S2/c1-2-5-19-7-11(16)14-12-13-9-6-8(15(17)18)3-4-10(9)20-12/h2-4,6H,1,5,7H2,(H,13,14,16). The third-order valence-electron chi connectivity index (χ3n) is 2.30. The van der Waals surface area contributed by atoms with Crippen molar-refractivity contribution in [2.75, 3.05) is 16.8 Å². The number of carbonyl (C=O) groups is 1. The number of hydrogen-bond donors (Lipinski definition) is 1. The van der Waals surface area contributed by atoms with Crippen LogP contribution in [0.25, 0.3) is 10.2 Å². The Bertz CT molecular complexity index is 669. The van der Waals surface area contributed by atoms with Crippen molar-refractivity contribution in [3.8, 4) is 0 Å². The van der Waals surface area contributed by atoms with Gasteiger partial charge in [-0.05, 0) is 6.07 Å². The van der Waals surface area contributed by atoms with Crippen molar-refractivity contribution in [2.45, 2.75) is 0 Å². The molecule has 0 unspecified atom stereocenters. The smallest absolute Gasteiger partial charge is 0.271 e. The summed E-state index contributed by atoms with van der Waals surface area (Å²) in [6, 6.07) is 4.45. The maximum atomic E-state index is 11.6. The number of nitrogens with zero attached hydrogens (tertiary/aromatic N) is 2.